The van der Waals surface area contributed by atoms with Gasteiger partial charge in [-0.25, -0.2) is 9.59 Å². The zero-order valence-corrected chi connectivity index (χ0v) is 25.7. The molecule has 3 heterocycles. The zero-order valence-electron chi connectivity index (χ0n) is 25.7. The number of allylic oxidation sites excluding steroid dienone is 2. The molecule has 9 heteroatoms. The first kappa shape index (κ1) is 31.1. The van der Waals surface area contributed by atoms with Crippen molar-refractivity contribution in [2.45, 2.75) is 59.2 Å². The molecule has 0 fully saturated rings. The number of ether oxygens (including phenoxy) is 2. The van der Waals surface area contributed by atoms with Crippen LogP contribution >= 0.6 is 0 Å². The van der Waals surface area contributed by atoms with Gasteiger partial charge in [-0.1, -0.05) is 29.8 Å². The van der Waals surface area contributed by atoms with Gasteiger partial charge >= 0.3 is 11.6 Å². The van der Waals surface area contributed by atoms with Crippen molar-refractivity contribution in [3.8, 4) is 17.2 Å². The topological polar surface area (TPSA) is 136 Å². The molecule has 1 aliphatic heterocycles. The Morgan fingerprint density at radius 2 is 1.71 bits per heavy atom. The van der Waals surface area contributed by atoms with Gasteiger partial charge in [0.25, 0.3) is 0 Å². The molecule has 0 radical (unpaired) electrons. The van der Waals surface area contributed by atoms with Gasteiger partial charge in [-0.05, 0) is 70.9 Å². The first-order chi connectivity index (χ1) is 21.3. The zero-order chi connectivity index (χ0) is 32.5. The number of phenolic OH excluding ortho intramolecular Hbond substituents is 2. The summed E-state index contributed by atoms with van der Waals surface area (Å²) in [4.78, 5) is 35.7. The molecule has 1 unspecified atom stereocenters. The number of esters is 1. The summed E-state index contributed by atoms with van der Waals surface area (Å²) in [7, 11) is 0. The first-order valence-electron chi connectivity index (χ1n) is 14.5. The van der Waals surface area contributed by atoms with Crippen molar-refractivity contribution in [1.82, 2.24) is 0 Å². The number of hydrogen-bond donors (Lipinski definition) is 2. The van der Waals surface area contributed by atoms with Crippen LogP contribution in [-0.4, -0.2) is 27.9 Å². The van der Waals surface area contributed by atoms with E-state index in [2.05, 4.69) is 0 Å². The molecule has 1 atom stereocenters. The lowest BCUT2D eigenvalue weighted by Crippen LogP contribution is -2.43. The SMILES string of the molecule is CC(C)(OC(=O)c1ccccc1)C1Cc2cc3ccc(=O)oc3cc2O1.CC(C)=CCc1c(O)cc2oc(C)cc(=O)c2c1O. The molecular formula is C36H34O9. The molecule has 0 saturated carbocycles. The molecule has 0 saturated heterocycles. The largest absolute Gasteiger partial charge is 0.507 e. The van der Waals surface area contributed by atoms with Crippen molar-refractivity contribution in [2.75, 3.05) is 0 Å². The molecule has 1 aliphatic rings. The summed E-state index contributed by atoms with van der Waals surface area (Å²) in [5.74, 6) is 0.429. The maximum atomic E-state index is 12.4. The lowest BCUT2D eigenvalue weighted by atomic mass is 9.96. The second kappa shape index (κ2) is 12.4. The van der Waals surface area contributed by atoms with Crippen molar-refractivity contribution in [1.29, 1.82) is 0 Å². The molecule has 5 aromatic rings. The summed E-state index contributed by atoms with van der Waals surface area (Å²) >= 11 is 0. The van der Waals surface area contributed by atoms with Crippen LogP contribution in [0.5, 0.6) is 17.2 Å². The molecule has 232 valence electrons. The Hall–Kier alpha value is -5.31. The van der Waals surface area contributed by atoms with Gasteiger partial charge in [-0.3, -0.25) is 4.79 Å². The van der Waals surface area contributed by atoms with Crippen LogP contribution in [0.1, 0.15) is 54.9 Å². The van der Waals surface area contributed by atoms with E-state index in [1.807, 2.05) is 45.9 Å². The highest BCUT2D eigenvalue weighted by atomic mass is 16.6. The van der Waals surface area contributed by atoms with Crippen LogP contribution in [0.25, 0.3) is 21.9 Å². The molecule has 0 aliphatic carbocycles. The summed E-state index contributed by atoms with van der Waals surface area (Å²) < 4.78 is 22.3. The summed E-state index contributed by atoms with van der Waals surface area (Å²) in [6.45, 7) is 9.17. The molecule has 0 bridgehead atoms. The maximum Gasteiger partial charge on any atom is 0.338 e. The smallest absolute Gasteiger partial charge is 0.338 e. The van der Waals surface area contributed by atoms with Crippen molar-refractivity contribution >= 4 is 27.9 Å². The highest BCUT2D eigenvalue weighted by Crippen LogP contribution is 2.38. The molecule has 2 aromatic heterocycles. The van der Waals surface area contributed by atoms with Gasteiger partial charge in [0.2, 0.25) is 0 Å². The number of aryl methyl sites for hydroxylation is 1. The predicted molar refractivity (Wildman–Crippen MR) is 170 cm³/mol. The highest BCUT2D eigenvalue weighted by Gasteiger charge is 2.40. The highest BCUT2D eigenvalue weighted by molar-refractivity contribution is 5.89. The number of phenols is 2. The van der Waals surface area contributed by atoms with Gasteiger partial charge in [-0.15, -0.1) is 0 Å². The molecule has 6 rings (SSSR count). The Balaban J connectivity index is 0.000000187. The van der Waals surface area contributed by atoms with Crippen molar-refractivity contribution in [3.05, 3.63) is 121 Å². The van der Waals surface area contributed by atoms with Gasteiger partial charge in [0, 0.05) is 41.6 Å². The molecule has 2 N–H and O–H groups in total. The van der Waals surface area contributed by atoms with Crippen LogP contribution in [0.3, 0.4) is 0 Å². The van der Waals surface area contributed by atoms with Crippen LogP contribution < -0.4 is 15.8 Å². The Morgan fingerprint density at radius 3 is 2.42 bits per heavy atom. The van der Waals surface area contributed by atoms with Crippen LogP contribution in [0.2, 0.25) is 0 Å². The Kier molecular flexibility index (Phi) is 8.55. The van der Waals surface area contributed by atoms with E-state index in [1.165, 1.54) is 18.2 Å². The van der Waals surface area contributed by atoms with Crippen LogP contribution in [0.15, 0.2) is 96.8 Å². The Labute approximate surface area is 259 Å². The van der Waals surface area contributed by atoms with Crippen LogP contribution in [0, 0.1) is 6.92 Å². The van der Waals surface area contributed by atoms with Crippen molar-refractivity contribution in [3.63, 3.8) is 0 Å². The third kappa shape index (κ3) is 6.77. The molecule has 45 heavy (non-hydrogen) atoms. The molecule has 0 spiro atoms. The van der Waals surface area contributed by atoms with E-state index in [0.29, 0.717) is 41.1 Å². The second-order valence-electron chi connectivity index (χ2n) is 11.7. The lowest BCUT2D eigenvalue weighted by Gasteiger charge is -2.30. The monoisotopic (exact) mass is 610 g/mol. The van der Waals surface area contributed by atoms with E-state index < -0.39 is 11.2 Å². The number of benzene rings is 3. The Bertz CT molecular complexity index is 2050. The average molecular weight is 611 g/mol. The van der Waals surface area contributed by atoms with Crippen LogP contribution in [0.4, 0.5) is 0 Å². The van der Waals surface area contributed by atoms with Crippen LogP contribution in [-0.2, 0) is 17.6 Å². The molecular weight excluding hydrogens is 576 g/mol. The number of carbonyl (C=O) groups excluding carboxylic acids is 1. The van der Waals surface area contributed by atoms with Gasteiger partial charge < -0.3 is 28.5 Å². The van der Waals surface area contributed by atoms with Gasteiger partial charge in [-0.2, -0.15) is 0 Å². The maximum absolute atomic E-state index is 12.4. The van der Waals surface area contributed by atoms with Gasteiger partial charge in [0.05, 0.1) is 5.56 Å². The van der Waals surface area contributed by atoms with E-state index in [9.17, 15) is 24.6 Å². The fraction of sp³-hybridized carbons (Fsp3) is 0.250. The lowest BCUT2D eigenvalue weighted by molar-refractivity contribution is -0.0517. The number of carbonyl (C=O) groups is 1. The van der Waals surface area contributed by atoms with Gasteiger partial charge in [0.15, 0.2) is 5.43 Å². The van der Waals surface area contributed by atoms with E-state index in [-0.39, 0.29) is 40.0 Å². The van der Waals surface area contributed by atoms with E-state index >= 15 is 0 Å². The molecule has 0 amide bonds. The quantitative estimate of drug-likeness (QED) is 0.126. The average Bonchev–Trinajstić information content (AvgIpc) is 3.40. The second-order valence-corrected chi connectivity index (χ2v) is 11.7. The summed E-state index contributed by atoms with van der Waals surface area (Å²) in [6.07, 6.45) is 2.52. The van der Waals surface area contributed by atoms with Crippen molar-refractivity contribution < 1.29 is 33.3 Å². The summed E-state index contributed by atoms with van der Waals surface area (Å²) in [6, 6.07) is 18.4. The van der Waals surface area contributed by atoms with E-state index in [1.54, 1.807) is 43.3 Å². The van der Waals surface area contributed by atoms with Gasteiger partial charge in [0.1, 0.15) is 51.3 Å². The summed E-state index contributed by atoms with van der Waals surface area (Å²) in [5, 5.41) is 21.0. The molecule has 9 nitrogen and oxygen atoms in total. The van der Waals surface area contributed by atoms with Crippen molar-refractivity contribution in [2.24, 2.45) is 0 Å². The minimum Gasteiger partial charge on any atom is -0.507 e. The Morgan fingerprint density at radius 1 is 0.978 bits per heavy atom. The standard InChI is InChI=1S/C21H18O5.C15H16O4/c1-21(2,26-20(23)13-6-4-3-5-7-13)18-11-15-10-14-8-9-19(22)25-16(14)12-17(15)24-18;1-8(2)4-5-10-11(16)7-13-14(15(10)18)12(17)6-9(3)19-13/h3-10,12,18H,11H2,1-2H3;4,6-7,16,18H,5H2,1-3H3. The fourth-order valence-corrected chi connectivity index (χ4v) is 5.09. The number of hydrogen-bond acceptors (Lipinski definition) is 9. The minimum atomic E-state index is -0.820. The number of aromatic hydroxyl groups is 2. The summed E-state index contributed by atoms with van der Waals surface area (Å²) in [5.41, 5.74) is 2.05. The number of fused-ring (bicyclic) bond motifs is 3. The molecule has 3 aromatic carbocycles. The first-order valence-corrected chi connectivity index (χ1v) is 14.5. The predicted octanol–water partition coefficient (Wildman–Crippen LogP) is 6.75. The van der Waals surface area contributed by atoms with E-state index in [4.69, 9.17) is 18.3 Å². The third-order valence-corrected chi connectivity index (χ3v) is 7.53. The normalized spacial score (nSPS) is 13.8. The number of rotatable bonds is 5. The van der Waals surface area contributed by atoms with E-state index in [0.717, 1.165) is 16.5 Å². The fourth-order valence-electron chi connectivity index (χ4n) is 5.09. The minimum absolute atomic E-state index is 0.0729. The third-order valence-electron chi connectivity index (χ3n) is 7.53.